The third-order valence-corrected chi connectivity index (χ3v) is 6.82. The molecule has 2 heterocycles. The highest BCUT2D eigenvalue weighted by atomic mass is 35.5. The number of nitrogens with zero attached hydrogens (tertiary/aromatic N) is 1. The van der Waals surface area contributed by atoms with E-state index in [1.807, 2.05) is 6.07 Å². The van der Waals surface area contributed by atoms with Crippen LogP contribution in [0, 0.1) is 0 Å². The van der Waals surface area contributed by atoms with Crippen LogP contribution < -0.4 is 16.0 Å². The van der Waals surface area contributed by atoms with Gasteiger partial charge in [0.15, 0.2) is 0 Å². The molecule has 2 aromatic heterocycles. The van der Waals surface area contributed by atoms with Crippen LogP contribution in [-0.4, -0.2) is 24.8 Å². The molecule has 3 aromatic carbocycles. The molecule has 5 rings (SSSR count). The van der Waals surface area contributed by atoms with Gasteiger partial charge in [0.2, 0.25) is 0 Å². The summed E-state index contributed by atoms with van der Waals surface area (Å²) in [4.78, 5) is 22.1. The van der Waals surface area contributed by atoms with Gasteiger partial charge in [-0.05, 0) is 42.5 Å². The average Bonchev–Trinajstić information content (AvgIpc) is 3.38. The molecule has 1 N–H and O–H groups in total. The second-order valence-corrected chi connectivity index (χ2v) is 9.33. The highest BCUT2D eigenvalue weighted by Crippen LogP contribution is 2.36. The number of aromatic amines is 1. The number of hydrogen-bond donors (Lipinski definition) is 1. The standard InChI is InChI=1S/C15H9ClF3NO5S.C7H5NO2/c1-24-8-2-4-10-13(6-8)20(25-14(10)21)26(22,23)9-3-5-11(12(16)7-9)15(17,18)19;9-7-5-3-1-2-4-6(5)8-10-7/h2-7H,1H3;1-4,8H. The fourth-order valence-electron chi connectivity index (χ4n) is 3.20. The second kappa shape index (κ2) is 9.24. The van der Waals surface area contributed by atoms with Gasteiger partial charge < -0.3 is 13.8 Å². The molecule has 0 spiro atoms. The molecule has 36 heavy (non-hydrogen) atoms. The maximum Gasteiger partial charge on any atom is 0.417 e. The predicted octanol–water partition coefficient (Wildman–Crippen LogP) is 4.63. The Hall–Kier alpha value is -3.97. The van der Waals surface area contributed by atoms with E-state index in [4.69, 9.17) is 20.9 Å². The number of alkyl halides is 3. The maximum absolute atomic E-state index is 12.8. The van der Waals surface area contributed by atoms with Crippen molar-refractivity contribution in [2.24, 2.45) is 0 Å². The first kappa shape index (κ1) is 25.1. The predicted molar refractivity (Wildman–Crippen MR) is 123 cm³/mol. The molecule has 188 valence electrons. The second-order valence-electron chi connectivity index (χ2n) is 7.17. The molecule has 0 fully saturated rings. The summed E-state index contributed by atoms with van der Waals surface area (Å²) in [5.74, 6) is 0.257. The minimum absolute atomic E-state index is 0.0348. The van der Waals surface area contributed by atoms with Crippen molar-refractivity contribution in [3.63, 3.8) is 0 Å². The molecule has 0 saturated carbocycles. The van der Waals surface area contributed by atoms with Gasteiger partial charge in [-0.3, -0.25) is 0 Å². The Balaban J connectivity index is 0.000000251. The van der Waals surface area contributed by atoms with E-state index >= 15 is 0 Å². The van der Waals surface area contributed by atoms with Crippen LogP contribution in [0.15, 0.2) is 84.2 Å². The molecule has 14 heteroatoms. The number of nitrogens with one attached hydrogen (secondary N) is 1. The molecule has 0 saturated heterocycles. The zero-order valence-corrected chi connectivity index (χ0v) is 19.6. The minimum Gasteiger partial charge on any atom is -0.497 e. The van der Waals surface area contributed by atoms with E-state index < -0.39 is 37.3 Å². The summed E-state index contributed by atoms with van der Waals surface area (Å²) < 4.78 is 78.4. The van der Waals surface area contributed by atoms with Gasteiger partial charge in [-0.25, -0.2) is 14.7 Å². The van der Waals surface area contributed by atoms with E-state index in [2.05, 4.69) is 9.68 Å². The first-order chi connectivity index (χ1) is 16.9. The number of aromatic nitrogens is 2. The molecular formula is C22H14ClF3N2O7S. The monoisotopic (exact) mass is 542 g/mol. The lowest BCUT2D eigenvalue weighted by Gasteiger charge is -2.11. The lowest BCUT2D eigenvalue weighted by molar-refractivity contribution is -0.137. The third-order valence-electron chi connectivity index (χ3n) is 4.95. The summed E-state index contributed by atoms with van der Waals surface area (Å²) in [5, 5.41) is 2.27. The first-order valence-corrected chi connectivity index (χ1v) is 11.6. The third kappa shape index (κ3) is 4.62. The molecule has 0 aliphatic heterocycles. The molecule has 5 aromatic rings. The summed E-state index contributed by atoms with van der Waals surface area (Å²) in [5.41, 5.74) is -1.80. The number of benzene rings is 3. The van der Waals surface area contributed by atoms with Crippen molar-refractivity contribution in [2.45, 2.75) is 11.1 Å². The van der Waals surface area contributed by atoms with E-state index in [0.29, 0.717) is 21.7 Å². The summed E-state index contributed by atoms with van der Waals surface area (Å²) in [6.07, 6.45) is -4.74. The lowest BCUT2D eigenvalue weighted by Crippen LogP contribution is -2.14. The summed E-state index contributed by atoms with van der Waals surface area (Å²) in [6, 6.07) is 13.1. The van der Waals surface area contributed by atoms with Gasteiger partial charge in [0.05, 0.1) is 38.9 Å². The van der Waals surface area contributed by atoms with Crippen molar-refractivity contribution in [1.82, 2.24) is 9.30 Å². The highest BCUT2D eigenvalue weighted by Gasteiger charge is 2.34. The van der Waals surface area contributed by atoms with Crippen LogP contribution in [-0.2, 0) is 16.2 Å². The number of H-pyrrole nitrogens is 1. The normalized spacial score (nSPS) is 11.9. The Morgan fingerprint density at radius 2 is 1.69 bits per heavy atom. The molecule has 0 amide bonds. The van der Waals surface area contributed by atoms with Crippen LogP contribution >= 0.6 is 11.6 Å². The Morgan fingerprint density at radius 1 is 0.972 bits per heavy atom. The number of halogens is 4. The smallest absolute Gasteiger partial charge is 0.417 e. The summed E-state index contributed by atoms with van der Waals surface area (Å²) in [6.45, 7) is 0. The molecule has 0 bridgehead atoms. The number of para-hydroxylation sites is 1. The van der Waals surface area contributed by atoms with Gasteiger partial charge >= 0.3 is 17.4 Å². The Bertz CT molecular complexity index is 1800. The molecule has 0 unspecified atom stereocenters. The van der Waals surface area contributed by atoms with Crippen molar-refractivity contribution in [1.29, 1.82) is 0 Å². The van der Waals surface area contributed by atoms with E-state index in [-0.39, 0.29) is 22.3 Å². The van der Waals surface area contributed by atoms with Crippen LogP contribution in [0.4, 0.5) is 13.2 Å². The van der Waals surface area contributed by atoms with Gasteiger partial charge in [-0.15, -0.1) is 0 Å². The van der Waals surface area contributed by atoms with Crippen LogP contribution in [0.1, 0.15) is 5.56 Å². The Morgan fingerprint density at radius 3 is 2.33 bits per heavy atom. The van der Waals surface area contributed by atoms with Gasteiger partial charge in [0.1, 0.15) is 11.3 Å². The first-order valence-electron chi connectivity index (χ1n) is 9.82. The minimum atomic E-state index is -4.74. The van der Waals surface area contributed by atoms with Crippen molar-refractivity contribution in [3.05, 3.63) is 92.1 Å². The Labute approximate surface area is 204 Å². The number of methoxy groups -OCH3 is 1. The highest BCUT2D eigenvalue weighted by molar-refractivity contribution is 7.90. The fourth-order valence-corrected chi connectivity index (χ4v) is 4.83. The van der Waals surface area contributed by atoms with E-state index in [1.165, 1.54) is 25.3 Å². The van der Waals surface area contributed by atoms with Crippen LogP contribution in [0.2, 0.25) is 5.02 Å². The fraction of sp³-hybridized carbons (Fsp3) is 0.0909. The zero-order valence-electron chi connectivity index (χ0n) is 18.0. The van der Waals surface area contributed by atoms with Crippen molar-refractivity contribution in [2.75, 3.05) is 7.11 Å². The number of fused-ring (bicyclic) bond motifs is 2. The largest absolute Gasteiger partial charge is 0.497 e. The number of ether oxygens (including phenoxy) is 1. The van der Waals surface area contributed by atoms with Gasteiger partial charge in [0, 0.05) is 6.07 Å². The lowest BCUT2D eigenvalue weighted by atomic mass is 10.2. The maximum atomic E-state index is 12.8. The van der Waals surface area contributed by atoms with Crippen molar-refractivity contribution >= 4 is 43.4 Å². The molecule has 0 atom stereocenters. The van der Waals surface area contributed by atoms with Crippen LogP contribution in [0.25, 0.3) is 21.8 Å². The summed E-state index contributed by atoms with van der Waals surface area (Å²) in [7, 11) is -3.17. The number of rotatable bonds is 3. The van der Waals surface area contributed by atoms with Crippen molar-refractivity contribution in [3.8, 4) is 5.75 Å². The SMILES string of the molecule is COc1ccc2c(=O)on(S(=O)(=O)c3ccc(C(F)(F)F)c(Cl)c3)c2c1.O=c1o[nH]c2ccccc12. The van der Waals surface area contributed by atoms with Gasteiger partial charge in [-0.2, -0.15) is 21.6 Å². The molecule has 0 aliphatic rings. The van der Waals surface area contributed by atoms with Gasteiger partial charge in [0.25, 0.3) is 10.0 Å². The zero-order chi connectivity index (χ0) is 26.3. The Kier molecular flexibility index (Phi) is 6.45. The van der Waals surface area contributed by atoms with E-state index in [1.54, 1.807) is 18.2 Å². The quantitative estimate of drug-likeness (QED) is 0.352. The van der Waals surface area contributed by atoms with E-state index in [9.17, 15) is 31.2 Å². The molecular weight excluding hydrogens is 529 g/mol. The van der Waals surface area contributed by atoms with Gasteiger partial charge in [-0.1, -0.05) is 27.9 Å². The van der Waals surface area contributed by atoms with Crippen LogP contribution in [0.3, 0.4) is 0 Å². The van der Waals surface area contributed by atoms with E-state index in [0.717, 1.165) is 11.6 Å². The molecule has 9 nitrogen and oxygen atoms in total. The number of hydrogen-bond acceptors (Lipinski definition) is 7. The topological polar surface area (TPSA) is 125 Å². The molecule has 0 aliphatic carbocycles. The van der Waals surface area contributed by atoms with Crippen LogP contribution in [0.5, 0.6) is 5.75 Å². The summed E-state index contributed by atoms with van der Waals surface area (Å²) >= 11 is 5.57. The average molecular weight is 543 g/mol. The van der Waals surface area contributed by atoms with Crippen molar-refractivity contribution < 1.29 is 35.4 Å². The molecule has 0 radical (unpaired) electrons.